The van der Waals surface area contributed by atoms with Crippen LogP contribution in [-0.2, 0) is 0 Å². The molecular formula is C8H9BrN4. The number of aromatic nitrogens is 3. The van der Waals surface area contributed by atoms with E-state index in [4.69, 9.17) is 5.73 Å². The summed E-state index contributed by atoms with van der Waals surface area (Å²) in [5.41, 5.74) is 6.55. The van der Waals surface area contributed by atoms with Gasteiger partial charge >= 0.3 is 0 Å². The summed E-state index contributed by atoms with van der Waals surface area (Å²) < 4.78 is 2.87. The van der Waals surface area contributed by atoms with Crippen molar-refractivity contribution in [1.29, 1.82) is 0 Å². The van der Waals surface area contributed by atoms with Crippen LogP contribution < -0.4 is 5.73 Å². The van der Waals surface area contributed by atoms with E-state index < -0.39 is 0 Å². The summed E-state index contributed by atoms with van der Waals surface area (Å²) in [6.07, 6.45) is 1.91. The maximum absolute atomic E-state index is 5.74. The fourth-order valence-electron chi connectivity index (χ4n) is 1.19. The molecular weight excluding hydrogens is 232 g/mol. The van der Waals surface area contributed by atoms with E-state index in [-0.39, 0.29) is 6.04 Å². The zero-order valence-electron chi connectivity index (χ0n) is 7.11. The molecule has 13 heavy (non-hydrogen) atoms. The first-order valence-electron chi connectivity index (χ1n) is 3.94. The minimum absolute atomic E-state index is 0.107. The third kappa shape index (κ3) is 1.45. The quantitative estimate of drug-likeness (QED) is 0.823. The molecule has 0 fully saturated rings. The molecule has 1 unspecified atom stereocenters. The van der Waals surface area contributed by atoms with Crippen molar-refractivity contribution in [3.63, 3.8) is 0 Å². The number of pyridine rings is 1. The van der Waals surface area contributed by atoms with Gasteiger partial charge in [0.05, 0.1) is 6.04 Å². The molecule has 0 bridgehead atoms. The SMILES string of the molecule is CC(N)c1nnc2ccc(Br)cn12. The fraction of sp³-hybridized carbons (Fsp3) is 0.250. The van der Waals surface area contributed by atoms with Gasteiger partial charge in [-0.3, -0.25) is 4.40 Å². The minimum atomic E-state index is -0.107. The van der Waals surface area contributed by atoms with Crippen molar-refractivity contribution in [2.45, 2.75) is 13.0 Å². The second-order valence-electron chi connectivity index (χ2n) is 2.92. The number of halogens is 1. The molecule has 2 heterocycles. The molecule has 68 valence electrons. The number of hydrogen-bond acceptors (Lipinski definition) is 3. The lowest BCUT2D eigenvalue weighted by Crippen LogP contribution is -2.09. The van der Waals surface area contributed by atoms with E-state index in [0.29, 0.717) is 0 Å². The average molecular weight is 241 g/mol. The van der Waals surface area contributed by atoms with Crippen molar-refractivity contribution in [2.24, 2.45) is 5.73 Å². The Bertz CT molecular complexity index is 435. The highest BCUT2D eigenvalue weighted by Crippen LogP contribution is 2.14. The summed E-state index contributed by atoms with van der Waals surface area (Å²) in [5, 5.41) is 8.00. The molecule has 0 saturated heterocycles. The van der Waals surface area contributed by atoms with Gasteiger partial charge in [0.1, 0.15) is 0 Å². The van der Waals surface area contributed by atoms with Crippen molar-refractivity contribution in [3.05, 3.63) is 28.6 Å². The monoisotopic (exact) mass is 240 g/mol. The first kappa shape index (κ1) is 8.65. The Morgan fingerprint density at radius 2 is 2.23 bits per heavy atom. The van der Waals surface area contributed by atoms with Crippen LogP contribution in [0.15, 0.2) is 22.8 Å². The van der Waals surface area contributed by atoms with Crippen molar-refractivity contribution >= 4 is 21.6 Å². The van der Waals surface area contributed by atoms with Crippen LogP contribution in [0.5, 0.6) is 0 Å². The first-order chi connectivity index (χ1) is 6.18. The van der Waals surface area contributed by atoms with Gasteiger partial charge in [-0.15, -0.1) is 10.2 Å². The highest BCUT2D eigenvalue weighted by molar-refractivity contribution is 9.10. The molecule has 0 spiro atoms. The number of hydrogen-bond donors (Lipinski definition) is 1. The van der Waals surface area contributed by atoms with Crippen LogP contribution >= 0.6 is 15.9 Å². The lowest BCUT2D eigenvalue weighted by molar-refractivity contribution is 0.726. The summed E-state index contributed by atoms with van der Waals surface area (Å²) >= 11 is 3.38. The predicted molar refractivity (Wildman–Crippen MR) is 53.3 cm³/mol. The maximum Gasteiger partial charge on any atom is 0.160 e. The number of nitrogens with two attached hydrogens (primary N) is 1. The Morgan fingerprint density at radius 3 is 2.92 bits per heavy atom. The molecule has 0 aliphatic heterocycles. The molecule has 0 aliphatic rings. The molecule has 0 radical (unpaired) electrons. The zero-order chi connectivity index (χ0) is 9.42. The second-order valence-corrected chi connectivity index (χ2v) is 3.84. The van der Waals surface area contributed by atoms with E-state index in [1.807, 2.05) is 29.7 Å². The van der Waals surface area contributed by atoms with Gasteiger partial charge in [-0.2, -0.15) is 0 Å². The molecule has 5 heteroatoms. The van der Waals surface area contributed by atoms with Gasteiger partial charge in [0.2, 0.25) is 0 Å². The fourth-order valence-corrected chi connectivity index (χ4v) is 1.53. The van der Waals surface area contributed by atoms with Crippen LogP contribution in [0.3, 0.4) is 0 Å². The average Bonchev–Trinajstić information content (AvgIpc) is 2.46. The zero-order valence-corrected chi connectivity index (χ0v) is 8.69. The molecule has 1 atom stereocenters. The summed E-state index contributed by atoms with van der Waals surface area (Å²) in [7, 11) is 0. The summed E-state index contributed by atoms with van der Waals surface area (Å²) in [5.74, 6) is 0.774. The third-order valence-corrected chi connectivity index (χ3v) is 2.27. The van der Waals surface area contributed by atoms with Gasteiger partial charge in [0.25, 0.3) is 0 Å². The standard InChI is InChI=1S/C8H9BrN4/c1-5(10)8-12-11-7-3-2-6(9)4-13(7)8/h2-5H,10H2,1H3. The lowest BCUT2D eigenvalue weighted by Gasteiger charge is -2.02. The number of rotatable bonds is 1. The molecule has 2 rings (SSSR count). The van der Waals surface area contributed by atoms with Crippen LogP contribution in [0, 0.1) is 0 Å². The van der Waals surface area contributed by atoms with Crippen LogP contribution in [0.2, 0.25) is 0 Å². The van der Waals surface area contributed by atoms with Gasteiger partial charge in [-0.25, -0.2) is 0 Å². The van der Waals surface area contributed by atoms with Crippen molar-refractivity contribution in [2.75, 3.05) is 0 Å². The Kier molecular flexibility index (Phi) is 2.05. The lowest BCUT2D eigenvalue weighted by atomic mass is 10.3. The van der Waals surface area contributed by atoms with Gasteiger partial charge in [0, 0.05) is 10.7 Å². The van der Waals surface area contributed by atoms with Gasteiger partial charge in [-0.1, -0.05) is 0 Å². The molecule has 2 aromatic rings. The smallest absolute Gasteiger partial charge is 0.160 e. The third-order valence-electron chi connectivity index (χ3n) is 1.80. The number of nitrogens with zero attached hydrogens (tertiary/aromatic N) is 3. The molecule has 4 nitrogen and oxygen atoms in total. The molecule has 0 saturated carbocycles. The minimum Gasteiger partial charge on any atom is -0.322 e. The van der Waals surface area contributed by atoms with Crippen LogP contribution in [0.25, 0.3) is 5.65 Å². The van der Waals surface area contributed by atoms with Gasteiger partial charge in [-0.05, 0) is 35.0 Å². The van der Waals surface area contributed by atoms with Crippen molar-refractivity contribution in [3.8, 4) is 0 Å². The molecule has 2 N–H and O–H groups in total. The molecule has 0 aliphatic carbocycles. The number of fused-ring (bicyclic) bond motifs is 1. The van der Waals surface area contributed by atoms with Crippen LogP contribution in [0.4, 0.5) is 0 Å². The van der Waals surface area contributed by atoms with E-state index in [9.17, 15) is 0 Å². The van der Waals surface area contributed by atoms with E-state index in [0.717, 1.165) is 15.9 Å². The van der Waals surface area contributed by atoms with Crippen LogP contribution in [0.1, 0.15) is 18.8 Å². The van der Waals surface area contributed by atoms with E-state index in [1.165, 1.54) is 0 Å². The highest BCUT2D eigenvalue weighted by Gasteiger charge is 2.08. The van der Waals surface area contributed by atoms with Crippen molar-refractivity contribution < 1.29 is 0 Å². The van der Waals surface area contributed by atoms with Crippen molar-refractivity contribution in [1.82, 2.24) is 14.6 Å². The summed E-state index contributed by atoms with van der Waals surface area (Å²) in [4.78, 5) is 0. The van der Waals surface area contributed by atoms with Gasteiger partial charge < -0.3 is 5.73 Å². The van der Waals surface area contributed by atoms with E-state index >= 15 is 0 Å². The molecule has 2 aromatic heterocycles. The van der Waals surface area contributed by atoms with E-state index in [2.05, 4.69) is 26.1 Å². The Hall–Kier alpha value is -0.940. The Balaban J connectivity index is 2.71. The summed E-state index contributed by atoms with van der Waals surface area (Å²) in [6, 6.07) is 3.71. The predicted octanol–water partition coefficient (Wildman–Crippen LogP) is 1.51. The normalized spacial score (nSPS) is 13.5. The Labute approximate surface area is 83.9 Å². The largest absolute Gasteiger partial charge is 0.322 e. The maximum atomic E-state index is 5.74. The summed E-state index contributed by atoms with van der Waals surface area (Å²) in [6.45, 7) is 1.89. The Morgan fingerprint density at radius 1 is 1.46 bits per heavy atom. The van der Waals surface area contributed by atoms with Crippen LogP contribution in [-0.4, -0.2) is 14.6 Å². The topological polar surface area (TPSA) is 56.2 Å². The van der Waals surface area contributed by atoms with Gasteiger partial charge in [0.15, 0.2) is 11.5 Å². The first-order valence-corrected chi connectivity index (χ1v) is 4.73. The second kappa shape index (κ2) is 3.08. The highest BCUT2D eigenvalue weighted by atomic mass is 79.9. The molecule has 0 aromatic carbocycles. The molecule has 0 amide bonds. The van der Waals surface area contributed by atoms with E-state index in [1.54, 1.807) is 0 Å².